The minimum absolute atomic E-state index is 0.0138. The van der Waals surface area contributed by atoms with Crippen LogP contribution in [-0.4, -0.2) is 51.2 Å². The molecule has 0 N–H and O–H groups in total. The number of amides is 2. The van der Waals surface area contributed by atoms with Gasteiger partial charge in [0.05, 0.1) is 11.6 Å². The highest BCUT2D eigenvalue weighted by molar-refractivity contribution is 5.95. The average Bonchev–Trinajstić information content (AvgIpc) is 3.50. The number of nitrogens with zero attached hydrogens (tertiary/aromatic N) is 4. The van der Waals surface area contributed by atoms with Gasteiger partial charge in [-0.15, -0.1) is 0 Å². The molecule has 3 aromatic rings. The third-order valence-corrected chi connectivity index (χ3v) is 6.28. The van der Waals surface area contributed by atoms with Gasteiger partial charge in [0.25, 0.3) is 11.8 Å². The van der Waals surface area contributed by atoms with Crippen molar-refractivity contribution < 1.29 is 14.0 Å². The maximum absolute atomic E-state index is 13.4. The van der Waals surface area contributed by atoms with Gasteiger partial charge in [-0.3, -0.25) is 14.6 Å². The molecule has 4 heterocycles. The summed E-state index contributed by atoms with van der Waals surface area (Å²) in [6.07, 6.45) is 5.94. The fourth-order valence-electron chi connectivity index (χ4n) is 4.87. The van der Waals surface area contributed by atoms with Crippen LogP contribution in [0.5, 0.6) is 0 Å². The molecule has 0 radical (unpaired) electrons. The first-order chi connectivity index (χ1) is 14.6. The third-order valence-electron chi connectivity index (χ3n) is 6.28. The standard InChI is InChI=1S/C23H22N4O3/c1-15-5-2-3-7-18(15)21-19-12-26(23(29)20-13-30-14-25-20)10-17(19)11-27(21)22(28)16-6-4-8-24-9-16/h2-9,13-14,17,19,21H,10-12H2,1H3/t17-,19-,21+/m0/s1. The third kappa shape index (κ3) is 3.07. The van der Waals surface area contributed by atoms with Gasteiger partial charge < -0.3 is 14.2 Å². The number of benzene rings is 1. The van der Waals surface area contributed by atoms with Crippen molar-refractivity contribution in [3.8, 4) is 0 Å². The number of pyridine rings is 1. The first-order valence-electron chi connectivity index (χ1n) is 10.1. The van der Waals surface area contributed by atoms with Gasteiger partial charge in [0, 0.05) is 43.9 Å². The van der Waals surface area contributed by atoms with Crippen molar-refractivity contribution in [1.82, 2.24) is 19.8 Å². The van der Waals surface area contributed by atoms with Crippen molar-refractivity contribution in [1.29, 1.82) is 0 Å². The summed E-state index contributed by atoms with van der Waals surface area (Å²) in [5, 5.41) is 0. The van der Waals surface area contributed by atoms with Gasteiger partial charge in [0.15, 0.2) is 12.1 Å². The van der Waals surface area contributed by atoms with E-state index >= 15 is 0 Å². The lowest BCUT2D eigenvalue weighted by atomic mass is 9.87. The van der Waals surface area contributed by atoms with E-state index in [2.05, 4.69) is 29.0 Å². The van der Waals surface area contributed by atoms with E-state index in [1.165, 1.54) is 12.7 Å². The fraction of sp³-hybridized carbons (Fsp3) is 0.304. The predicted molar refractivity (Wildman–Crippen MR) is 109 cm³/mol. The zero-order valence-corrected chi connectivity index (χ0v) is 16.6. The number of carbonyl (C=O) groups excluding carboxylic acids is 2. The lowest BCUT2D eigenvalue weighted by Crippen LogP contribution is -2.37. The molecular formula is C23H22N4O3. The molecule has 2 fully saturated rings. The Kier molecular flexibility index (Phi) is 4.58. The van der Waals surface area contributed by atoms with E-state index < -0.39 is 0 Å². The van der Waals surface area contributed by atoms with Gasteiger partial charge in [-0.25, -0.2) is 4.98 Å². The van der Waals surface area contributed by atoms with Crippen LogP contribution in [0.3, 0.4) is 0 Å². The van der Waals surface area contributed by atoms with Crippen LogP contribution in [0, 0.1) is 18.8 Å². The molecule has 0 aliphatic carbocycles. The smallest absolute Gasteiger partial charge is 0.275 e. The molecule has 2 aliphatic rings. The lowest BCUT2D eigenvalue weighted by Gasteiger charge is -2.31. The molecular weight excluding hydrogens is 380 g/mol. The van der Waals surface area contributed by atoms with Crippen molar-refractivity contribution >= 4 is 11.8 Å². The second kappa shape index (κ2) is 7.40. The van der Waals surface area contributed by atoms with Crippen LogP contribution in [0.4, 0.5) is 0 Å². The van der Waals surface area contributed by atoms with Crippen LogP contribution in [0.1, 0.15) is 38.0 Å². The Balaban J connectivity index is 1.47. The number of likely N-dealkylation sites (tertiary alicyclic amines) is 2. The van der Waals surface area contributed by atoms with Gasteiger partial charge >= 0.3 is 0 Å². The molecule has 7 heteroatoms. The lowest BCUT2D eigenvalue weighted by molar-refractivity contribution is 0.0674. The normalized spacial score (nSPS) is 22.9. The molecule has 2 aliphatic heterocycles. The molecule has 2 amide bonds. The first kappa shape index (κ1) is 18.5. The average molecular weight is 402 g/mol. The summed E-state index contributed by atoms with van der Waals surface area (Å²) in [4.78, 5) is 38.1. The zero-order chi connectivity index (χ0) is 20.7. The highest BCUT2D eigenvalue weighted by Gasteiger charge is 2.50. The van der Waals surface area contributed by atoms with Crippen molar-refractivity contribution in [3.05, 3.63) is 83.8 Å². The van der Waals surface area contributed by atoms with Crippen molar-refractivity contribution in [2.24, 2.45) is 11.8 Å². The molecule has 0 spiro atoms. The van der Waals surface area contributed by atoms with Crippen molar-refractivity contribution in [2.45, 2.75) is 13.0 Å². The maximum atomic E-state index is 13.4. The fourth-order valence-corrected chi connectivity index (χ4v) is 4.87. The molecule has 0 bridgehead atoms. The molecule has 152 valence electrons. The Morgan fingerprint density at radius 3 is 2.67 bits per heavy atom. The van der Waals surface area contributed by atoms with E-state index in [1.54, 1.807) is 24.5 Å². The number of aromatic nitrogens is 2. The van der Waals surface area contributed by atoms with Crippen LogP contribution in [-0.2, 0) is 0 Å². The Labute approximate surface area is 174 Å². The quantitative estimate of drug-likeness (QED) is 0.673. The molecule has 5 rings (SSSR count). The molecule has 2 aromatic heterocycles. The van der Waals surface area contributed by atoms with Gasteiger partial charge in [-0.1, -0.05) is 24.3 Å². The van der Waals surface area contributed by atoms with E-state index in [4.69, 9.17) is 4.42 Å². The summed E-state index contributed by atoms with van der Waals surface area (Å²) >= 11 is 0. The van der Waals surface area contributed by atoms with Crippen LogP contribution < -0.4 is 0 Å². The van der Waals surface area contributed by atoms with E-state index in [0.717, 1.165) is 11.1 Å². The molecule has 3 atom stereocenters. The predicted octanol–water partition coefficient (Wildman–Crippen LogP) is 2.96. The second-order valence-corrected chi connectivity index (χ2v) is 8.01. The van der Waals surface area contributed by atoms with E-state index in [9.17, 15) is 9.59 Å². The van der Waals surface area contributed by atoms with Crippen molar-refractivity contribution in [2.75, 3.05) is 19.6 Å². The summed E-state index contributed by atoms with van der Waals surface area (Å²) in [6.45, 7) is 3.88. The minimum Gasteiger partial charge on any atom is -0.451 e. The molecule has 30 heavy (non-hydrogen) atoms. The summed E-state index contributed by atoms with van der Waals surface area (Å²) < 4.78 is 4.98. The Morgan fingerprint density at radius 2 is 1.93 bits per heavy atom. The van der Waals surface area contributed by atoms with E-state index in [1.807, 2.05) is 21.9 Å². The number of fused-ring (bicyclic) bond motifs is 1. The summed E-state index contributed by atoms with van der Waals surface area (Å²) in [5.74, 6) is 0.251. The number of carbonyl (C=O) groups is 2. The first-order valence-corrected chi connectivity index (χ1v) is 10.1. The van der Waals surface area contributed by atoms with Gasteiger partial charge in [-0.2, -0.15) is 0 Å². The topological polar surface area (TPSA) is 79.5 Å². The van der Waals surface area contributed by atoms with E-state index in [-0.39, 0.29) is 29.7 Å². The van der Waals surface area contributed by atoms with Gasteiger partial charge in [0.1, 0.15) is 6.26 Å². The number of hydrogen-bond acceptors (Lipinski definition) is 5. The van der Waals surface area contributed by atoms with Gasteiger partial charge in [-0.05, 0) is 30.2 Å². The van der Waals surface area contributed by atoms with Crippen LogP contribution >= 0.6 is 0 Å². The Morgan fingerprint density at radius 1 is 1.07 bits per heavy atom. The van der Waals surface area contributed by atoms with E-state index in [0.29, 0.717) is 30.9 Å². The largest absolute Gasteiger partial charge is 0.451 e. The molecule has 0 unspecified atom stereocenters. The highest BCUT2D eigenvalue weighted by Crippen LogP contribution is 2.46. The summed E-state index contributed by atoms with van der Waals surface area (Å²) in [7, 11) is 0. The number of rotatable bonds is 3. The SMILES string of the molecule is Cc1ccccc1[C@@H]1[C@H]2CN(C(=O)c3cocn3)C[C@H]2CN1C(=O)c1cccnc1. The highest BCUT2D eigenvalue weighted by atomic mass is 16.3. The van der Waals surface area contributed by atoms with Crippen LogP contribution in [0.2, 0.25) is 0 Å². The Hall–Kier alpha value is -3.48. The van der Waals surface area contributed by atoms with Crippen LogP contribution in [0.15, 0.2) is 65.9 Å². The number of oxazole rings is 1. The molecule has 2 saturated heterocycles. The number of hydrogen-bond donors (Lipinski definition) is 0. The van der Waals surface area contributed by atoms with Crippen molar-refractivity contribution in [3.63, 3.8) is 0 Å². The second-order valence-electron chi connectivity index (χ2n) is 8.01. The molecule has 1 aromatic carbocycles. The molecule has 0 saturated carbocycles. The minimum atomic E-state index is -0.119. The number of aryl methyl sites for hydroxylation is 1. The van der Waals surface area contributed by atoms with Crippen LogP contribution in [0.25, 0.3) is 0 Å². The monoisotopic (exact) mass is 402 g/mol. The maximum Gasteiger partial charge on any atom is 0.275 e. The van der Waals surface area contributed by atoms with Gasteiger partial charge in [0.2, 0.25) is 0 Å². The zero-order valence-electron chi connectivity index (χ0n) is 16.6. The summed E-state index contributed by atoms with van der Waals surface area (Å²) in [5.41, 5.74) is 3.20. The molecule has 7 nitrogen and oxygen atoms in total. The summed E-state index contributed by atoms with van der Waals surface area (Å²) in [6, 6.07) is 11.7. The Bertz CT molecular complexity index is 1070.